The monoisotopic (exact) mass is 202 g/mol. The number of para-hydroxylation sites is 1. The Hall–Kier alpha value is -1.97. The van der Waals surface area contributed by atoms with Crippen LogP contribution in [0.2, 0.25) is 0 Å². The smallest absolute Gasteiger partial charge is 0.287 e. The standard InChI is InChI=1S/C11H10N2O2/c1-15-10-5-3-2-4-8(10)9-6-13-11(14)7-12-9/h2-7,9H,1H3. The fourth-order valence-electron chi connectivity index (χ4n) is 1.43. The van der Waals surface area contributed by atoms with Crippen LogP contribution in [0.15, 0.2) is 34.3 Å². The molecule has 0 spiro atoms. The molecule has 1 aliphatic heterocycles. The number of nitrogens with zero attached hydrogens (tertiary/aromatic N) is 2. The van der Waals surface area contributed by atoms with E-state index in [4.69, 9.17) is 4.74 Å². The normalized spacial score (nSPS) is 19.3. The van der Waals surface area contributed by atoms with Crippen LogP contribution in [0.3, 0.4) is 0 Å². The van der Waals surface area contributed by atoms with Gasteiger partial charge in [-0.05, 0) is 6.07 Å². The molecule has 4 nitrogen and oxygen atoms in total. The van der Waals surface area contributed by atoms with Gasteiger partial charge in [0.25, 0.3) is 5.91 Å². The second-order valence-electron chi connectivity index (χ2n) is 3.08. The van der Waals surface area contributed by atoms with E-state index < -0.39 is 0 Å². The highest BCUT2D eigenvalue weighted by Gasteiger charge is 2.15. The zero-order chi connectivity index (χ0) is 10.7. The molecule has 1 aromatic carbocycles. The van der Waals surface area contributed by atoms with Gasteiger partial charge >= 0.3 is 0 Å². The van der Waals surface area contributed by atoms with E-state index in [9.17, 15) is 4.79 Å². The van der Waals surface area contributed by atoms with Crippen LogP contribution in [0.5, 0.6) is 5.75 Å². The molecule has 15 heavy (non-hydrogen) atoms. The number of aliphatic imine (C=N–C) groups is 2. The number of amides is 1. The van der Waals surface area contributed by atoms with Crippen LogP contribution >= 0.6 is 0 Å². The number of hydrogen-bond donors (Lipinski definition) is 0. The predicted octanol–water partition coefficient (Wildman–Crippen LogP) is 1.42. The van der Waals surface area contributed by atoms with Gasteiger partial charge in [-0.15, -0.1) is 0 Å². The van der Waals surface area contributed by atoms with Crippen molar-refractivity contribution in [1.82, 2.24) is 0 Å². The molecule has 0 saturated heterocycles. The Labute approximate surface area is 87.3 Å². The van der Waals surface area contributed by atoms with Gasteiger partial charge in [-0.2, -0.15) is 0 Å². The van der Waals surface area contributed by atoms with E-state index in [-0.39, 0.29) is 11.9 Å². The van der Waals surface area contributed by atoms with Gasteiger partial charge in [-0.3, -0.25) is 9.79 Å². The van der Waals surface area contributed by atoms with E-state index in [0.29, 0.717) is 0 Å². The van der Waals surface area contributed by atoms with Gasteiger partial charge in [0, 0.05) is 11.8 Å². The summed E-state index contributed by atoms with van der Waals surface area (Å²) in [6.07, 6.45) is 2.76. The van der Waals surface area contributed by atoms with E-state index in [1.54, 1.807) is 7.11 Å². The van der Waals surface area contributed by atoms with Crippen molar-refractivity contribution in [2.45, 2.75) is 6.04 Å². The first-order valence-electron chi connectivity index (χ1n) is 4.55. The lowest BCUT2D eigenvalue weighted by atomic mass is 10.1. The molecule has 0 saturated carbocycles. The van der Waals surface area contributed by atoms with Gasteiger partial charge in [-0.1, -0.05) is 18.2 Å². The molecule has 1 unspecified atom stereocenters. The van der Waals surface area contributed by atoms with Crippen molar-refractivity contribution in [2.24, 2.45) is 9.98 Å². The van der Waals surface area contributed by atoms with Crippen molar-refractivity contribution in [2.75, 3.05) is 7.11 Å². The number of hydrogen-bond acceptors (Lipinski definition) is 3. The summed E-state index contributed by atoms with van der Waals surface area (Å²) in [5, 5.41) is 0. The number of carbonyl (C=O) groups is 1. The zero-order valence-electron chi connectivity index (χ0n) is 8.25. The molecule has 1 aromatic rings. The Kier molecular flexibility index (Phi) is 2.58. The molecule has 0 fully saturated rings. The van der Waals surface area contributed by atoms with Crippen molar-refractivity contribution >= 4 is 18.3 Å². The highest BCUT2D eigenvalue weighted by Crippen LogP contribution is 2.26. The summed E-state index contributed by atoms with van der Waals surface area (Å²) in [7, 11) is 1.60. The molecule has 0 bridgehead atoms. The van der Waals surface area contributed by atoms with Gasteiger partial charge in [0.15, 0.2) is 0 Å². The average Bonchev–Trinajstić information content (AvgIpc) is 2.30. The lowest BCUT2D eigenvalue weighted by Crippen LogP contribution is -2.09. The van der Waals surface area contributed by atoms with Crippen LogP contribution in [0.25, 0.3) is 0 Å². The average molecular weight is 202 g/mol. The van der Waals surface area contributed by atoms with Crippen molar-refractivity contribution in [1.29, 1.82) is 0 Å². The third-order valence-corrected chi connectivity index (χ3v) is 2.15. The van der Waals surface area contributed by atoms with Crippen LogP contribution in [-0.2, 0) is 4.79 Å². The van der Waals surface area contributed by atoms with Crippen molar-refractivity contribution in [3.05, 3.63) is 29.8 Å². The lowest BCUT2D eigenvalue weighted by molar-refractivity contribution is -0.111. The Morgan fingerprint density at radius 2 is 2.13 bits per heavy atom. The van der Waals surface area contributed by atoms with E-state index in [1.807, 2.05) is 24.3 Å². The van der Waals surface area contributed by atoms with E-state index in [2.05, 4.69) is 9.98 Å². The molecule has 0 N–H and O–H groups in total. The minimum Gasteiger partial charge on any atom is -0.496 e. The molecule has 0 radical (unpaired) electrons. The molecule has 0 aliphatic carbocycles. The first kappa shape index (κ1) is 9.58. The van der Waals surface area contributed by atoms with Gasteiger partial charge in [0.1, 0.15) is 11.8 Å². The van der Waals surface area contributed by atoms with Crippen LogP contribution in [0.4, 0.5) is 0 Å². The fraction of sp³-hybridized carbons (Fsp3) is 0.182. The summed E-state index contributed by atoms with van der Waals surface area (Å²) in [6.45, 7) is 0. The zero-order valence-corrected chi connectivity index (χ0v) is 8.25. The van der Waals surface area contributed by atoms with E-state index in [0.717, 1.165) is 11.3 Å². The number of benzene rings is 1. The third-order valence-electron chi connectivity index (χ3n) is 2.15. The maximum absolute atomic E-state index is 10.8. The van der Waals surface area contributed by atoms with Gasteiger partial charge in [0.05, 0.1) is 13.3 Å². The first-order chi connectivity index (χ1) is 7.31. The van der Waals surface area contributed by atoms with E-state index in [1.165, 1.54) is 12.4 Å². The van der Waals surface area contributed by atoms with Gasteiger partial charge < -0.3 is 4.74 Å². The molecular weight excluding hydrogens is 192 g/mol. The summed E-state index contributed by atoms with van der Waals surface area (Å²) < 4.78 is 5.20. The first-order valence-corrected chi connectivity index (χ1v) is 4.55. The molecule has 1 aliphatic rings. The highest BCUT2D eigenvalue weighted by atomic mass is 16.5. The fourth-order valence-corrected chi connectivity index (χ4v) is 1.43. The van der Waals surface area contributed by atoms with Gasteiger partial charge in [0.2, 0.25) is 0 Å². The Bertz CT molecular complexity index is 422. The predicted molar refractivity (Wildman–Crippen MR) is 57.7 cm³/mol. The summed E-state index contributed by atoms with van der Waals surface area (Å²) >= 11 is 0. The summed E-state index contributed by atoms with van der Waals surface area (Å²) in [4.78, 5) is 18.6. The molecule has 0 aromatic heterocycles. The minimum atomic E-state index is -0.318. The largest absolute Gasteiger partial charge is 0.496 e. The van der Waals surface area contributed by atoms with Gasteiger partial charge in [-0.25, -0.2) is 4.99 Å². The number of ether oxygens (including phenoxy) is 1. The van der Waals surface area contributed by atoms with Crippen molar-refractivity contribution < 1.29 is 9.53 Å². The van der Waals surface area contributed by atoms with Crippen molar-refractivity contribution in [3.63, 3.8) is 0 Å². The minimum absolute atomic E-state index is 0.223. The van der Waals surface area contributed by atoms with Crippen LogP contribution in [-0.4, -0.2) is 25.4 Å². The SMILES string of the molecule is COc1ccccc1C1C=NC(=O)C=N1. The highest BCUT2D eigenvalue weighted by molar-refractivity contribution is 6.29. The maximum atomic E-state index is 10.8. The second-order valence-corrected chi connectivity index (χ2v) is 3.08. The number of carbonyl (C=O) groups excluding carboxylic acids is 1. The summed E-state index contributed by atoms with van der Waals surface area (Å²) in [5.41, 5.74) is 0.910. The molecular formula is C11H10N2O2. The van der Waals surface area contributed by atoms with Crippen LogP contribution in [0, 0.1) is 0 Å². The van der Waals surface area contributed by atoms with Crippen molar-refractivity contribution in [3.8, 4) is 5.75 Å². The molecule has 1 heterocycles. The lowest BCUT2D eigenvalue weighted by Gasteiger charge is -2.13. The molecule has 2 rings (SSSR count). The summed E-state index contributed by atoms with van der Waals surface area (Å²) in [5.74, 6) is 0.432. The summed E-state index contributed by atoms with van der Waals surface area (Å²) in [6, 6.07) is 7.32. The second kappa shape index (κ2) is 4.04. The third kappa shape index (κ3) is 1.93. The van der Waals surface area contributed by atoms with Crippen LogP contribution in [0.1, 0.15) is 11.6 Å². The Morgan fingerprint density at radius 3 is 2.80 bits per heavy atom. The topological polar surface area (TPSA) is 51.0 Å². The van der Waals surface area contributed by atoms with E-state index >= 15 is 0 Å². The molecule has 1 amide bonds. The molecule has 4 heteroatoms. The Morgan fingerprint density at radius 1 is 1.33 bits per heavy atom. The number of rotatable bonds is 2. The maximum Gasteiger partial charge on any atom is 0.287 e. The van der Waals surface area contributed by atoms with Crippen LogP contribution < -0.4 is 4.74 Å². The molecule has 76 valence electrons. The quantitative estimate of drug-likeness (QED) is 0.728. The number of methoxy groups -OCH3 is 1. The Balaban J connectivity index is 2.34. The molecule has 1 atom stereocenters.